The van der Waals surface area contributed by atoms with Crippen LogP contribution in [0.3, 0.4) is 0 Å². The number of anilines is 5. The number of para-hydroxylation sites is 1. The molecule has 0 atom stereocenters. The van der Waals surface area contributed by atoms with Crippen LogP contribution in [0.2, 0.25) is 0 Å². The molecule has 0 bridgehead atoms. The zero-order valence-electron chi connectivity index (χ0n) is 32.7. The highest BCUT2D eigenvalue weighted by atomic mass is 32.1. The first kappa shape index (κ1) is 34.0. The number of nitrogens with zero attached hydrogens (tertiary/aromatic N) is 2. The summed E-state index contributed by atoms with van der Waals surface area (Å²) in [4.78, 5) is 5.27. The maximum atomic E-state index is 2.64. The van der Waals surface area contributed by atoms with E-state index < -0.39 is 0 Å². The van der Waals surface area contributed by atoms with E-state index in [4.69, 9.17) is 0 Å². The summed E-state index contributed by atoms with van der Waals surface area (Å²) >= 11 is 1.90. The Balaban J connectivity index is 1.35. The quantitative estimate of drug-likeness (QED) is 0.167. The Hall–Kier alpha value is -5.58. The summed E-state index contributed by atoms with van der Waals surface area (Å²) in [6.07, 6.45) is 0. The molecule has 2 aliphatic heterocycles. The molecule has 7 aromatic carbocycles. The molecule has 0 spiro atoms. The van der Waals surface area contributed by atoms with Gasteiger partial charge in [0.1, 0.15) is 0 Å². The number of hydrogen-bond donors (Lipinski definition) is 0. The van der Waals surface area contributed by atoms with Gasteiger partial charge in [0.15, 0.2) is 0 Å². The van der Waals surface area contributed by atoms with Gasteiger partial charge in [0.25, 0.3) is 0 Å². The monoisotopic (exact) mass is 728 g/mol. The molecule has 4 heteroatoms. The third-order valence-electron chi connectivity index (χ3n) is 11.8. The first-order valence-corrected chi connectivity index (χ1v) is 20.4. The van der Waals surface area contributed by atoms with Gasteiger partial charge in [-0.15, -0.1) is 11.3 Å². The highest BCUT2D eigenvalue weighted by Crippen LogP contribution is 2.52. The summed E-state index contributed by atoms with van der Waals surface area (Å²) in [5, 5.41) is 2.64. The minimum Gasteiger partial charge on any atom is -0.376 e. The third-order valence-corrected chi connectivity index (χ3v) is 12.9. The summed E-state index contributed by atoms with van der Waals surface area (Å²) in [6, 6.07) is 55.3. The smallest absolute Gasteiger partial charge is 0.333 e. The second-order valence-electron chi connectivity index (χ2n) is 17.5. The summed E-state index contributed by atoms with van der Waals surface area (Å²) in [5.74, 6) is 0. The number of benzene rings is 7. The van der Waals surface area contributed by atoms with Crippen molar-refractivity contribution in [3.05, 3.63) is 162 Å². The maximum absolute atomic E-state index is 2.64. The fourth-order valence-corrected chi connectivity index (χ4v) is 10.2. The van der Waals surface area contributed by atoms with E-state index in [1.165, 1.54) is 98.5 Å². The molecule has 268 valence electrons. The number of aryl methyl sites for hydroxylation is 1. The third kappa shape index (κ3) is 5.29. The Morgan fingerprint density at radius 2 is 1.22 bits per heavy atom. The van der Waals surface area contributed by atoms with Crippen molar-refractivity contribution in [2.24, 2.45) is 0 Å². The van der Waals surface area contributed by atoms with Crippen molar-refractivity contribution < 1.29 is 0 Å². The van der Waals surface area contributed by atoms with Crippen LogP contribution in [0, 0.1) is 6.92 Å². The Morgan fingerprint density at radius 3 is 1.98 bits per heavy atom. The van der Waals surface area contributed by atoms with E-state index in [1.807, 2.05) is 11.3 Å². The van der Waals surface area contributed by atoms with Crippen LogP contribution in [0.25, 0.3) is 42.4 Å². The summed E-state index contributed by atoms with van der Waals surface area (Å²) in [7, 11) is 0. The van der Waals surface area contributed by atoms with Gasteiger partial charge in [-0.25, -0.2) is 0 Å². The average molecular weight is 729 g/mol. The molecule has 0 aliphatic carbocycles. The molecule has 3 heterocycles. The van der Waals surface area contributed by atoms with Gasteiger partial charge in [0.05, 0.1) is 11.4 Å². The van der Waals surface area contributed by atoms with Gasteiger partial charge in [-0.2, -0.15) is 0 Å². The van der Waals surface area contributed by atoms with E-state index >= 15 is 0 Å². The van der Waals surface area contributed by atoms with E-state index in [9.17, 15) is 0 Å². The van der Waals surface area contributed by atoms with E-state index in [2.05, 4.69) is 204 Å². The lowest BCUT2D eigenvalue weighted by Gasteiger charge is -2.46. The average Bonchev–Trinajstić information content (AvgIpc) is 3.56. The summed E-state index contributed by atoms with van der Waals surface area (Å²) in [5.41, 5.74) is 17.9. The van der Waals surface area contributed by atoms with Gasteiger partial charge in [0, 0.05) is 48.4 Å². The Labute approximate surface area is 329 Å². The standard InChI is InChI=1S/C51H45BN2S/c1-32-29-40-37-17-11-13-19-43(37)54(36-24-21-34(22-25-36)50(2,3)4)52-41-26-28-46-47(38-18-12-14-20-45(38)55-46)49(41)53(44(30-32)48(40)52)42-27-23-35(51(5,6)7)31-39(42)33-15-9-8-10-16-33/h8-31H,1-7H3. The second-order valence-corrected chi connectivity index (χ2v) is 18.6. The Kier molecular flexibility index (Phi) is 7.54. The SMILES string of the molecule is Cc1cc2c3c(c1)N(c1ccc(C(C)(C)C)cc1-c1ccccc1)c1c(ccc4sc5ccccc5c14)B3N(c1ccc(C(C)(C)C)cc1)c1ccccc1-2. The molecule has 0 unspecified atom stereocenters. The number of hydrogen-bond acceptors (Lipinski definition) is 3. The van der Waals surface area contributed by atoms with Crippen molar-refractivity contribution in [2.75, 3.05) is 9.71 Å². The molecule has 0 radical (unpaired) electrons. The predicted octanol–water partition coefficient (Wildman–Crippen LogP) is 13.3. The van der Waals surface area contributed by atoms with Crippen molar-refractivity contribution in [3.8, 4) is 22.3 Å². The molecule has 8 aromatic rings. The van der Waals surface area contributed by atoms with Gasteiger partial charge in [-0.1, -0.05) is 139 Å². The van der Waals surface area contributed by atoms with Gasteiger partial charge in [-0.3, -0.25) is 0 Å². The van der Waals surface area contributed by atoms with Crippen LogP contribution in [-0.4, -0.2) is 6.85 Å². The first-order valence-electron chi connectivity index (χ1n) is 19.6. The van der Waals surface area contributed by atoms with Gasteiger partial charge in [0.2, 0.25) is 0 Å². The van der Waals surface area contributed by atoms with Crippen LogP contribution in [0.5, 0.6) is 0 Å². The minimum absolute atomic E-state index is 0.000954. The summed E-state index contributed by atoms with van der Waals surface area (Å²) in [6.45, 7) is 16.1. The van der Waals surface area contributed by atoms with Crippen molar-refractivity contribution in [1.82, 2.24) is 0 Å². The molecule has 1 aromatic heterocycles. The molecular formula is C51H45BN2S. The number of thiophene rings is 1. The highest BCUT2D eigenvalue weighted by molar-refractivity contribution is 7.26. The first-order chi connectivity index (χ1) is 26.5. The van der Waals surface area contributed by atoms with E-state index in [0.717, 1.165) is 0 Å². The fraction of sp³-hybridized carbons (Fsp3) is 0.176. The molecule has 0 N–H and O–H groups in total. The van der Waals surface area contributed by atoms with Crippen molar-refractivity contribution >= 4 is 77.7 Å². The van der Waals surface area contributed by atoms with Crippen LogP contribution in [0.15, 0.2) is 146 Å². The molecule has 0 saturated carbocycles. The second kappa shape index (κ2) is 12.2. The van der Waals surface area contributed by atoms with Crippen LogP contribution in [0.1, 0.15) is 58.2 Å². The fourth-order valence-electron chi connectivity index (χ4n) is 9.05. The van der Waals surface area contributed by atoms with Crippen molar-refractivity contribution in [2.45, 2.75) is 59.3 Å². The van der Waals surface area contributed by atoms with Gasteiger partial charge in [-0.05, 0) is 105 Å². The molecule has 2 nitrogen and oxygen atoms in total. The van der Waals surface area contributed by atoms with E-state index in [0.29, 0.717) is 0 Å². The lowest BCUT2D eigenvalue weighted by Crippen LogP contribution is -2.61. The van der Waals surface area contributed by atoms with Gasteiger partial charge >= 0.3 is 6.85 Å². The molecule has 0 fully saturated rings. The number of fused-ring (bicyclic) bond motifs is 8. The minimum atomic E-state index is -0.0377. The molecule has 0 saturated heterocycles. The van der Waals surface area contributed by atoms with Crippen molar-refractivity contribution in [1.29, 1.82) is 0 Å². The van der Waals surface area contributed by atoms with Crippen LogP contribution in [-0.2, 0) is 10.8 Å². The number of rotatable bonds is 3. The maximum Gasteiger partial charge on any atom is 0.333 e. The van der Waals surface area contributed by atoms with E-state index in [1.54, 1.807) is 0 Å². The van der Waals surface area contributed by atoms with Crippen LogP contribution in [0.4, 0.5) is 28.4 Å². The topological polar surface area (TPSA) is 6.48 Å². The predicted molar refractivity (Wildman–Crippen MR) is 241 cm³/mol. The van der Waals surface area contributed by atoms with Crippen LogP contribution >= 0.6 is 11.3 Å². The largest absolute Gasteiger partial charge is 0.376 e. The lowest BCUT2D eigenvalue weighted by atomic mass is 9.43. The Bertz CT molecular complexity index is 2800. The lowest BCUT2D eigenvalue weighted by molar-refractivity contribution is 0.590. The molecular weight excluding hydrogens is 683 g/mol. The van der Waals surface area contributed by atoms with Crippen LogP contribution < -0.4 is 20.6 Å². The zero-order chi connectivity index (χ0) is 37.8. The molecule has 55 heavy (non-hydrogen) atoms. The van der Waals surface area contributed by atoms with Gasteiger partial charge < -0.3 is 9.71 Å². The normalized spacial score (nSPS) is 13.6. The summed E-state index contributed by atoms with van der Waals surface area (Å²) < 4.78 is 2.63. The molecule has 2 aliphatic rings. The zero-order valence-corrected chi connectivity index (χ0v) is 33.6. The Morgan fingerprint density at radius 1 is 0.527 bits per heavy atom. The van der Waals surface area contributed by atoms with Crippen molar-refractivity contribution in [3.63, 3.8) is 0 Å². The highest BCUT2D eigenvalue weighted by Gasteiger charge is 2.46. The van der Waals surface area contributed by atoms with E-state index in [-0.39, 0.29) is 17.7 Å². The molecule has 0 amide bonds. The molecule has 10 rings (SSSR count).